The Morgan fingerprint density at radius 3 is 2.62 bits per heavy atom. The van der Waals surface area contributed by atoms with Gasteiger partial charge in [-0.2, -0.15) is 8.78 Å². The van der Waals surface area contributed by atoms with Crippen molar-refractivity contribution >= 4 is 33.5 Å². The highest BCUT2D eigenvalue weighted by Gasteiger charge is 2.21. The molecule has 88 valence electrons. The first-order valence-corrected chi connectivity index (χ1v) is 5.52. The van der Waals surface area contributed by atoms with E-state index in [0.29, 0.717) is 5.56 Å². The molecular formula is C9H6BrClF2O3. The minimum Gasteiger partial charge on any atom is -0.478 e. The van der Waals surface area contributed by atoms with Crippen LogP contribution >= 0.6 is 27.5 Å². The summed E-state index contributed by atoms with van der Waals surface area (Å²) >= 11 is 8.66. The second-order valence-electron chi connectivity index (χ2n) is 2.73. The molecule has 0 atom stereocenters. The molecule has 0 heterocycles. The summed E-state index contributed by atoms with van der Waals surface area (Å²) in [7, 11) is 0. The van der Waals surface area contributed by atoms with E-state index in [4.69, 9.17) is 16.7 Å². The molecule has 1 rings (SSSR count). The van der Waals surface area contributed by atoms with Crippen molar-refractivity contribution < 1.29 is 23.4 Å². The van der Waals surface area contributed by atoms with Gasteiger partial charge in [-0.25, -0.2) is 4.79 Å². The number of rotatable bonds is 4. The molecule has 0 amide bonds. The molecule has 1 N–H and O–H groups in total. The molecule has 0 fully saturated rings. The molecule has 0 radical (unpaired) electrons. The van der Waals surface area contributed by atoms with E-state index in [0.717, 1.165) is 0 Å². The number of hydrogen-bond donors (Lipinski definition) is 1. The van der Waals surface area contributed by atoms with Gasteiger partial charge in [-0.15, -0.1) is 0 Å². The van der Waals surface area contributed by atoms with Crippen LogP contribution in [0.3, 0.4) is 0 Å². The highest BCUT2D eigenvalue weighted by atomic mass is 79.9. The lowest BCUT2D eigenvalue weighted by atomic mass is 10.1. The minimum atomic E-state index is -3.12. The molecule has 0 aliphatic rings. The second-order valence-corrected chi connectivity index (χ2v) is 3.70. The van der Waals surface area contributed by atoms with Crippen molar-refractivity contribution in [2.75, 3.05) is 0 Å². The predicted molar refractivity (Wildman–Crippen MR) is 57.7 cm³/mol. The van der Waals surface area contributed by atoms with E-state index in [1.165, 1.54) is 12.1 Å². The lowest BCUT2D eigenvalue weighted by molar-refractivity contribution is -0.0503. The average Bonchev–Trinajstić information content (AvgIpc) is 2.19. The van der Waals surface area contributed by atoms with E-state index in [1.54, 1.807) is 0 Å². The summed E-state index contributed by atoms with van der Waals surface area (Å²) in [5.74, 6) is -1.88. The number of halogens is 4. The van der Waals surface area contributed by atoms with Crippen LogP contribution < -0.4 is 4.74 Å². The maximum atomic E-state index is 12.1. The number of carbonyl (C=O) groups is 1. The maximum absolute atomic E-state index is 12.1. The largest absolute Gasteiger partial charge is 0.478 e. The third-order valence-corrected chi connectivity index (χ3v) is 2.66. The molecule has 7 heteroatoms. The number of benzene rings is 1. The quantitative estimate of drug-likeness (QED) is 0.865. The summed E-state index contributed by atoms with van der Waals surface area (Å²) in [4.78, 5) is 10.9. The van der Waals surface area contributed by atoms with Crippen molar-refractivity contribution in [3.05, 3.63) is 28.3 Å². The van der Waals surface area contributed by atoms with E-state index in [-0.39, 0.29) is 15.9 Å². The molecule has 16 heavy (non-hydrogen) atoms. The first-order chi connectivity index (χ1) is 7.47. The molecule has 0 unspecified atom stereocenters. The molecule has 0 saturated heterocycles. The Hall–Kier alpha value is -0.880. The molecule has 0 aliphatic carbocycles. The lowest BCUT2D eigenvalue weighted by Gasteiger charge is -2.12. The van der Waals surface area contributed by atoms with E-state index < -0.39 is 18.3 Å². The van der Waals surface area contributed by atoms with Crippen LogP contribution in [0.5, 0.6) is 5.75 Å². The summed E-state index contributed by atoms with van der Waals surface area (Å²) in [5, 5.41) is 8.95. The second kappa shape index (κ2) is 5.45. The van der Waals surface area contributed by atoms with Gasteiger partial charge in [0.05, 0.1) is 5.02 Å². The molecule has 1 aromatic carbocycles. The highest BCUT2D eigenvalue weighted by Crippen LogP contribution is 2.33. The number of hydrogen-bond acceptors (Lipinski definition) is 2. The highest BCUT2D eigenvalue weighted by molar-refractivity contribution is 9.08. The normalized spacial score (nSPS) is 10.6. The van der Waals surface area contributed by atoms with E-state index in [2.05, 4.69) is 20.7 Å². The Kier molecular flexibility index (Phi) is 4.49. The first-order valence-electron chi connectivity index (χ1n) is 4.02. The third kappa shape index (κ3) is 2.82. The number of carboxylic acids is 1. The molecule has 0 aromatic heterocycles. The van der Waals surface area contributed by atoms with Crippen LogP contribution in [0.2, 0.25) is 5.02 Å². The predicted octanol–water partition coefficient (Wildman–Crippen LogP) is 3.53. The Balaban J connectivity index is 3.35. The lowest BCUT2D eigenvalue weighted by Crippen LogP contribution is -2.10. The summed E-state index contributed by atoms with van der Waals surface area (Å²) in [6, 6.07) is 2.74. The molecule has 0 spiro atoms. The average molecular weight is 315 g/mol. The van der Waals surface area contributed by atoms with Crippen LogP contribution in [0.1, 0.15) is 15.9 Å². The van der Waals surface area contributed by atoms with Gasteiger partial charge >= 0.3 is 12.6 Å². The van der Waals surface area contributed by atoms with Gasteiger partial charge in [0.15, 0.2) is 5.75 Å². The number of aromatic carboxylic acids is 1. The fourth-order valence-electron chi connectivity index (χ4n) is 1.15. The minimum absolute atomic E-state index is 0.164. The van der Waals surface area contributed by atoms with Crippen LogP contribution in [0.25, 0.3) is 0 Å². The van der Waals surface area contributed by atoms with Crippen molar-refractivity contribution in [3.8, 4) is 5.75 Å². The van der Waals surface area contributed by atoms with Gasteiger partial charge in [-0.05, 0) is 11.6 Å². The van der Waals surface area contributed by atoms with Crippen molar-refractivity contribution in [2.45, 2.75) is 11.9 Å². The monoisotopic (exact) mass is 314 g/mol. The van der Waals surface area contributed by atoms with Gasteiger partial charge < -0.3 is 9.84 Å². The zero-order valence-electron chi connectivity index (χ0n) is 7.71. The Morgan fingerprint density at radius 1 is 1.56 bits per heavy atom. The van der Waals surface area contributed by atoms with Crippen molar-refractivity contribution in [2.24, 2.45) is 0 Å². The zero-order valence-corrected chi connectivity index (χ0v) is 10.1. The van der Waals surface area contributed by atoms with Crippen LogP contribution in [0.15, 0.2) is 12.1 Å². The molecular weight excluding hydrogens is 309 g/mol. The SMILES string of the molecule is O=C(O)c1c(CBr)ccc(Cl)c1OC(F)F. The van der Waals surface area contributed by atoms with E-state index in [9.17, 15) is 13.6 Å². The van der Waals surface area contributed by atoms with Gasteiger partial charge in [0.1, 0.15) is 5.56 Å². The Labute approximate surface area is 103 Å². The van der Waals surface area contributed by atoms with Crippen molar-refractivity contribution in [1.82, 2.24) is 0 Å². The zero-order chi connectivity index (χ0) is 12.3. The van der Waals surface area contributed by atoms with Crippen LogP contribution in [0, 0.1) is 0 Å². The summed E-state index contributed by atoms with van der Waals surface area (Å²) in [6.45, 7) is -3.12. The van der Waals surface area contributed by atoms with Gasteiger partial charge in [-0.3, -0.25) is 0 Å². The first kappa shape index (κ1) is 13.2. The molecule has 0 saturated carbocycles. The maximum Gasteiger partial charge on any atom is 0.387 e. The van der Waals surface area contributed by atoms with Gasteiger partial charge in [0.25, 0.3) is 0 Å². The van der Waals surface area contributed by atoms with Gasteiger partial charge in [0, 0.05) is 5.33 Å². The summed E-state index contributed by atoms with van der Waals surface area (Å²) in [5.41, 5.74) is -0.0442. The molecule has 0 aliphatic heterocycles. The molecule has 3 nitrogen and oxygen atoms in total. The fraction of sp³-hybridized carbons (Fsp3) is 0.222. The fourth-order valence-corrected chi connectivity index (χ4v) is 1.82. The smallest absolute Gasteiger partial charge is 0.387 e. The third-order valence-electron chi connectivity index (χ3n) is 1.76. The summed E-state index contributed by atoms with van der Waals surface area (Å²) < 4.78 is 28.3. The van der Waals surface area contributed by atoms with Gasteiger partial charge in [0.2, 0.25) is 0 Å². The summed E-state index contributed by atoms with van der Waals surface area (Å²) in [6.07, 6.45) is 0. The number of ether oxygens (including phenoxy) is 1. The van der Waals surface area contributed by atoms with Crippen LogP contribution in [-0.2, 0) is 5.33 Å². The standard InChI is InChI=1S/C9H6BrClF2O3/c10-3-4-1-2-5(11)7(16-9(12)13)6(4)8(14)15/h1-2,9H,3H2,(H,14,15). The molecule has 1 aromatic rings. The van der Waals surface area contributed by atoms with Crippen molar-refractivity contribution in [3.63, 3.8) is 0 Å². The topological polar surface area (TPSA) is 46.5 Å². The number of carboxylic acid groups (broad SMARTS) is 1. The van der Waals surface area contributed by atoms with E-state index >= 15 is 0 Å². The number of alkyl halides is 3. The Morgan fingerprint density at radius 2 is 2.19 bits per heavy atom. The van der Waals surface area contributed by atoms with Gasteiger partial charge in [-0.1, -0.05) is 33.6 Å². The van der Waals surface area contributed by atoms with Crippen molar-refractivity contribution in [1.29, 1.82) is 0 Å². The van der Waals surface area contributed by atoms with Crippen LogP contribution in [0.4, 0.5) is 8.78 Å². The van der Waals surface area contributed by atoms with Crippen LogP contribution in [-0.4, -0.2) is 17.7 Å². The van der Waals surface area contributed by atoms with E-state index in [1.807, 2.05) is 0 Å². The molecule has 0 bridgehead atoms. The Bertz CT molecular complexity index is 412.